The zero-order valence-electron chi connectivity index (χ0n) is 10.5. The van der Waals surface area contributed by atoms with Gasteiger partial charge in [0, 0.05) is 50.5 Å². The van der Waals surface area contributed by atoms with E-state index in [-0.39, 0.29) is 11.0 Å². The number of thioether (sulfide) groups is 1. The molecular weight excluding hydrogens is 248 g/mol. The summed E-state index contributed by atoms with van der Waals surface area (Å²) in [4.78, 5) is 27.8. The van der Waals surface area contributed by atoms with E-state index < -0.39 is 0 Å². The van der Waals surface area contributed by atoms with Crippen molar-refractivity contribution in [2.24, 2.45) is 5.92 Å². The summed E-state index contributed by atoms with van der Waals surface area (Å²) in [5, 5.41) is 0.132. The smallest absolute Gasteiger partial charge is 0.222 e. The van der Waals surface area contributed by atoms with Crippen LogP contribution in [0.3, 0.4) is 0 Å². The fourth-order valence-electron chi connectivity index (χ4n) is 2.20. The van der Waals surface area contributed by atoms with Crippen molar-refractivity contribution in [2.75, 3.05) is 18.8 Å². The SMILES string of the molecule is CC(=O)SCC1CC(=O)N(CCc2ccc[nH]2)C1. The summed E-state index contributed by atoms with van der Waals surface area (Å²) in [6, 6.07) is 4.00. The lowest BCUT2D eigenvalue weighted by Gasteiger charge is -2.15. The van der Waals surface area contributed by atoms with Gasteiger partial charge in [0.05, 0.1) is 0 Å². The summed E-state index contributed by atoms with van der Waals surface area (Å²) in [5.74, 6) is 1.31. The van der Waals surface area contributed by atoms with Crippen LogP contribution in [0.5, 0.6) is 0 Å². The maximum Gasteiger partial charge on any atom is 0.222 e. The number of carbonyl (C=O) groups excluding carboxylic acids is 2. The predicted octanol–water partition coefficient (Wildman–Crippen LogP) is 1.69. The molecule has 0 aromatic carbocycles. The minimum Gasteiger partial charge on any atom is -0.365 e. The molecule has 1 saturated heterocycles. The summed E-state index contributed by atoms with van der Waals surface area (Å²) < 4.78 is 0. The molecular formula is C13H18N2O2S. The van der Waals surface area contributed by atoms with Crippen LogP contribution in [0, 0.1) is 5.92 Å². The maximum absolute atomic E-state index is 11.8. The zero-order valence-corrected chi connectivity index (χ0v) is 11.3. The van der Waals surface area contributed by atoms with E-state index >= 15 is 0 Å². The fraction of sp³-hybridized carbons (Fsp3) is 0.538. The molecule has 2 heterocycles. The number of H-pyrrole nitrogens is 1. The number of aromatic amines is 1. The van der Waals surface area contributed by atoms with Gasteiger partial charge in [0.1, 0.15) is 0 Å². The van der Waals surface area contributed by atoms with Crippen LogP contribution in [0.25, 0.3) is 0 Å². The molecule has 0 aliphatic carbocycles. The standard InChI is InChI=1S/C13H18N2O2S/c1-10(16)18-9-11-7-13(17)15(8-11)6-4-12-3-2-5-14-12/h2-3,5,11,14H,4,6-9H2,1H3. The summed E-state index contributed by atoms with van der Waals surface area (Å²) in [6.07, 6.45) is 3.35. The zero-order chi connectivity index (χ0) is 13.0. The Balaban J connectivity index is 1.76. The summed E-state index contributed by atoms with van der Waals surface area (Å²) in [5.41, 5.74) is 1.16. The van der Waals surface area contributed by atoms with Gasteiger partial charge in [-0.1, -0.05) is 11.8 Å². The normalized spacial score (nSPS) is 19.5. The van der Waals surface area contributed by atoms with Crippen molar-refractivity contribution in [2.45, 2.75) is 19.8 Å². The highest BCUT2D eigenvalue weighted by atomic mass is 32.2. The van der Waals surface area contributed by atoms with Crippen molar-refractivity contribution in [1.29, 1.82) is 0 Å². The molecule has 1 N–H and O–H groups in total. The number of likely N-dealkylation sites (tertiary alicyclic amines) is 1. The van der Waals surface area contributed by atoms with Crippen LogP contribution >= 0.6 is 11.8 Å². The van der Waals surface area contributed by atoms with Crippen LogP contribution in [0.15, 0.2) is 18.3 Å². The lowest BCUT2D eigenvalue weighted by Crippen LogP contribution is -2.27. The first-order chi connectivity index (χ1) is 8.65. The van der Waals surface area contributed by atoms with E-state index in [4.69, 9.17) is 0 Å². The molecule has 1 atom stereocenters. The molecule has 5 heteroatoms. The molecule has 2 rings (SSSR count). The molecule has 1 aliphatic heterocycles. The second-order valence-corrected chi connectivity index (χ2v) is 5.85. The highest BCUT2D eigenvalue weighted by Gasteiger charge is 2.29. The van der Waals surface area contributed by atoms with Gasteiger partial charge in [-0.15, -0.1) is 0 Å². The number of hydrogen-bond donors (Lipinski definition) is 1. The Morgan fingerprint density at radius 2 is 2.44 bits per heavy atom. The quantitative estimate of drug-likeness (QED) is 0.882. The largest absolute Gasteiger partial charge is 0.365 e. The van der Waals surface area contributed by atoms with Crippen molar-refractivity contribution >= 4 is 22.8 Å². The van der Waals surface area contributed by atoms with Crippen LogP contribution in [0.1, 0.15) is 19.0 Å². The average Bonchev–Trinajstić information content (AvgIpc) is 2.93. The Bertz CT molecular complexity index is 417. The van der Waals surface area contributed by atoms with Gasteiger partial charge < -0.3 is 9.88 Å². The van der Waals surface area contributed by atoms with Crippen LogP contribution in [0.2, 0.25) is 0 Å². The number of nitrogens with zero attached hydrogens (tertiary/aromatic N) is 1. The number of aromatic nitrogens is 1. The van der Waals surface area contributed by atoms with E-state index in [0.717, 1.165) is 31.0 Å². The van der Waals surface area contributed by atoms with E-state index in [2.05, 4.69) is 4.98 Å². The van der Waals surface area contributed by atoms with E-state index in [9.17, 15) is 9.59 Å². The first-order valence-electron chi connectivity index (χ1n) is 6.18. The number of nitrogens with one attached hydrogen (secondary N) is 1. The molecule has 0 radical (unpaired) electrons. The molecule has 1 fully saturated rings. The van der Waals surface area contributed by atoms with Gasteiger partial charge in [-0.05, 0) is 18.1 Å². The second kappa shape index (κ2) is 6.09. The van der Waals surface area contributed by atoms with Gasteiger partial charge in [-0.2, -0.15) is 0 Å². The van der Waals surface area contributed by atoms with E-state index in [1.54, 1.807) is 6.92 Å². The van der Waals surface area contributed by atoms with Crippen molar-refractivity contribution < 1.29 is 9.59 Å². The van der Waals surface area contributed by atoms with Crippen LogP contribution in [-0.4, -0.2) is 39.7 Å². The summed E-state index contributed by atoms with van der Waals surface area (Å²) in [7, 11) is 0. The minimum absolute atomic E-state index is 0.132. The van der Waals surface area contributed by atoms with Crippen molar-refractivity contribution in [1.82, 2.24) is 9.88 Å². The molecule has 1 aromatic heterocycles. The molecule has 0 spiro atoms. The summed E-state index contributed by atoms with van der Waals surface area (Å²) in [6.45, 7) is 3.13. The lowest BCUT2D eigenvalue weighted by atomic mass is 10.1. The third-order valence-electron chi connectivity index (χ3n) is 3.13. The topological polar surface area (TPSA) is 53.2 Å². The second-order valence-electron chi connectivity index (χ2n) is 4.66. The fourth-order valence-corrected chi connectivity index (χ4v) is 2.89. The van der Waals surface area contributed by atoms with Crippen molar-refractivity contribution in [3.8, 4) is 0 Å². The van der Waals surface area contributed by atoms with E-state index in [1.165, 1.54) is 11.8 Å². The third-order valence-corrected chi connectivity index (χ3v) is 4.17. The highest BCUT2D eigenvalue weighted by molar-refractivity contribution is 8.13. The average molecular weight is 266 g/mol. The number of hydrogen-bond acceptors (Lipinski definition) is 3. The first-order valence-corrected chi connectivity index (χ1v) is 7.17. The number of carbonyl (C=O) groups is 2. The lowest BCUT2D eigenvalue weighted by molar-refractivity contribution is -0.127. The first kappa shape index (κ1) is 13.2. The van der Waals surface area contributed by atoms with E-state index in [1.807, 2.05) is 23.2 Å². The molecule has 4 nitrogen and oxygen atoms in total. The molecule has 1 aliphatic rings. The minimum atomic E-state index is 0.132. The van der Waals surface area contributed by atoms with Gasteiger partial charge in [-0.3, -0.25) is 9.59 Å². The van der Waals surface area contributed by atoms with Crippen LogP contribution < -0.4 is 0 Å². The van der Waals surface area contributed by atoms with Gasteiger partial charge in [0.2, 0.25) is 5.91 Å². The number of amides is 1. The summed E-state index contributed by atoms with van der Waals surface area (Å²) >= 11 is 1.32. The molecule has 0 saturated carbocycles. The molecule has 1 aromatic rings. The molecule has 18 heavy (non-hydrogen) atoms. The predicted molar refractivity (Wildman–Crippen MR) is 72.3 cm³/mol. The Labute approximate surface area is 111 Å². The van der Waals surface area contributed by atoms with Crippen LogP contribution in [0.4, 0.5) is 0 Å². The molecule has 0 bridgehead atoms. The highest BCUT2D eigenvalue weighted by Crippen LogP contribution is 2.22. The monoisotopic (exact) mass is 266 g/mol. The van der Waals surface area contributed by atoms with Crippen molar-refractivity contribution in [3.05, 3.63) is 24.0 Å². The maximum atomic E-state index is 11.8. The Morgan fingerprint density at radius 1 is 1.61 bits per heavy atom. The Morgan fingerprint density at radius 3 is 3.11 bits per heavy atom. The molecule has 1 unspecified atom stereocenters. The Hall–Kier alpha value is -1.23. The van der Waals surface area contributed by atoms with Gasteiger partial charge >= 0.3 is 0 Å². The van der Waals surface area contributed by atoms with Gasteiger partial charge in [0.25, 0.3) is 0 Å². The molecule has 1 amide bonds. The third kappa shape index (κ3) is 3.63. The molecule has 98 valence electrons. The number of rotatable bonds is 5. The van der Waals surface area contributed by atoms with Gasteiger partial charge in [0.15, 0.2) is 5.12 Å². The van der Waals surface area contributed by atoms with Crippen molar-refractivity contribution in [3.63, 3.8) is 0 Å². The van der Waals surface area contributed by atoms with E-state index in [0.29, 0.717) is 12.3 Å². The van der Waals surface area contributed by atoms with Gasteiger partial charge in [-0.25, -0.2) is 0 Å². The Kier molecular flexibility index (Phi) is 4.47. The van der Waals surface area contributed by atoms with Crippen LogP contribution in [-0.2, 0) is 16.0 Å².